The molecule has 8 nitrogen and oxygen atoms in total. The number of piperazine rings is 1. The van der Waals surface area contributed by atoms with Gasteiger partial charge in [-0.15, -0.1) is 0 Å². The standard InChI is InChI=1S/C20H25ClN4O4S/c1-10-14-13(17(26)28-15(10)21)16(23-18(22-14)30-5)24-8-11-6-7-12(9-24)25(11)19(27)29-20(2,3)4/h11-12H,6-9H2,1-5H3. The second-order valence-corrected chi connectivity index (χ2v) is 9.84. The van der Waals surface area contributed by atoms with Gasteiger partial charge in [0.15, 0.2) is 5.16 Å². The van der Waals surface area contributed by atoms with Crippen LogP contribution in [0.4, 0.5) is 10.6 Å². The number of carbonyl (C=O) groups excluding carboxylic acids is 1. The fourth-order valence-corrected chi connectivity index (χ4v) is 4.72. The molecule has 2 unspecified atom stereocenters. The van der Waals surface area contributed by atoms with E-state index in [1.165, 1.54) is 11.8 Å². The Morgan fingerprint density at radius 3 is 2.43 bits per heavy atom. The van der Waals surface area contributed by atoms with Gasteiger partial charge >= 0.3 is 11.7 Å². The van der Waals surface area contributed by atoms with E-state index in [9.17, 15) is 9.59 Å². The van der Waals surface area contributed by atoms with Gasteiger partial charge in [-0.1, -0.05) is 11.8 Å². The topological polar surface area (TPSA) is 88.8 Å². The van der Waals surface area contributed by atoms with Gasteiger partial charge in [-0.2, -0.15) is 0 Å². The number of rotatable bonds is 2. The lowest BCUT2D eigenvalue weighted by atomic mass is 10.1. The molecule has 162 valence electrons. The fraction of sp³-hybridized carbons (Fsp3) is 0.600. The van der Waals surface area contributed by atoms with Crippen LogP contribution in [-0.2, 0) is 4.74 Å². The first-order valence-corrected chi connectivity index (χ1v) is 11.5. The van der Waals surface area contributed by atoms with Crippen molar-refractivity contribution >= 4 is 46.2 Å². The summed E-state index contributed by atoms with van der Waals surface area (Å²) in [7, 11) is 0. The lowest BCUT2D eigenvalue weighted by Gasteiger charge is -2.42. The molecule has 2 aliphatic heterocycles. The zero-order valence-electron chi connectivity index (χ0n) is 17.7. The molecule has 0 saturated carbocycles. The average Bonchev–Trinajstić information content (AvgIpc) is 2.94. The van der Waals surface area contributed by atoms with Crippen LogP contribution in [0.3, 0.4) is 0 Å². The van der Waals surface area contributed by atoms with Crippen LogP contribution >= 0.6 is 23.4 Å². The minimum atomic E-state index is -0.551. The highest BCUT2D eigenvalue weighted by Gasteiger charge is 2.45. The van der Waals surface area contributed by atoms with Crippen LogP contribution in [0, 0.1) is 6.92 Å². The number of aromatic nitrogens is 2. The number of thioether (sulfide) groups is 1. The van der Waals surface area contributed by atoms with Gasteiger partial charge in [0.05, 0.1) is 17.6 Å². The van der Waals surface area contributed by atoms with Gasteiger partial charge in [-0.25, -0.2) is 19.6 Å². The monoisotopic (exact) mass is 452 g/mol. The molecule has 10 heteroatoms. The van der Waals surface area contributed by atoms with E-state index in [-0.39, 0.29) is 23.4 Å². The van der Waals surface area contributed by atoms with Gasteiger partial charge in [-0.05, 0) is 58.4 Å². The van der Waals surface area contributed by atoms with Gasteiger partial charge in [0, 0.05) is 18.7 Å². The highest BCUT2D eigenvalue weighted by atomic mass is 35.5. The number of aryl methyl sites for hydroxylation is 1. The molecular formula is C20H25ClN4O4S. The minimum absolute atomic E-state index is 0.00165. The lowest BCUT2D eigenvalue weighted by molar-refractivity contribution is 0.0123. The highest BCUT2D eigenvalue weighted by Crippen LogP contribution is 2.36. The number of anilines is 1. The number of ether oxygens (including phenoxy) is 1. The molecule has 4 heterocycles. The summed E-state index contributed by atoms with van der Waals surface area (Å²) >= 11 is 7.49. The Kier molecular flexibility index (Phi) is 5.38. The van der Waals surface area contributed by atoms with Gasteiger partial charge in [0.2, 0.25) is 5.22 Å². The second kappa shape index (κ2) is 7.60. The van der Waals surface area contributed by atoms with Crippen molar-refractivity contribution in [2.75, 3.05) is 24.2 Å². The van der Waals surface area contributed by atoms with E-state index in [1.54, 1.807) is 6.92 Å². The van der Waals surface area contributed by atoms with Crippen LogP contribution in [-0.4, -0.2) is 58.0 Å². The van der Waals surface area contributed by atoms with Crippen molar-refractivity contribution in [2.24, 2.45) is 0 Å². The quantitative estimate of drug-likeness (QED) is 0.501. The SMILES string of the molecule is CSc1nc(N2CC3CCC(C2)N3C(=O)OC(C)(C)C)c2c(=O)oc(Cl)c(C)c2n1. The van der Waals surface area contributed by atoms with E-state index >= 15 is 0 Å². The van der Waals surface area contributed by atoms with Crippen LogP contribution in [0.25, 0.3) is 10.9 Å². The first kappa shape index (κ1) is 21.2. The van der Waals surface area contributed by atoms with Crippen LogP contribution in [0.1, 0.15) is 39.2 Å². The molecule has 2 bridgehead atoms. The normalized spacial score (nSPS) is 21.4. The van der Waals surface area contributed by atoms with Crippen LogP contribution in [0.5, 0.6) is 0 Å². The summed E-state index contributed by atoms with van der Waals surface area (Å²) in [6.45, 7) is 8.51. The van der Waals surface area contributed by atoms with Crippen molar-refractivity contribution in [3.8, 4) is 0 Å². The Bertz CT molecular complexity index is 1050. The number of carbonyl (C=O) groups is 1. The van der Waals surface area contributed by atoms with Crippen molar-refractivity contribution in [3.63, 3.8) is 0 Å². The number of amides is 1. The highest BCUT2D eigenvalue weighted by molar-refractivity contribution is 7.98. The molecular weight excluding hydrogens is 428 g/mol. The van der Waals surface area contributed by atoms with Crippen LogP contribution in [0.15, 0.2) is 14.4 Å². The molecule has 0 N–H and O–H groups in total. The molecule has 0 spiro atoms. The maximum Gasteiger partial charge on any atom is 0.410 e. The molecule has 4 rings (SSSR count). The van der Waals surface area contributed by atoms with Gasteiger partial charge in [0.1, 0.15) is 16.8 Å². The van der Waals surface area contributed by atoms with Gasteiger partial charge in [0.25, 0.3) is 0 Å². The Labute approximate surface area is 183 Å². The molecule has 0 aromatic carbocycles. The van der Waals surface area contributed by atoms with E-state index in [4.69, 9.17) is 20.8 Å². The number of fused-ring (bicyclic) bond motifs is 3. The first-order valence-electron chi connectivity index (χ1n) is 9.90. The third kappa shape index (κ3) is 3.73. The lowest BCUT2D eigenvalue weighted by Crippen LogP contribution is -2.57. The largest absolute Gasteiger partial charge is 0.444 e. The molecule has 2 aliphatic rings. The van der Waals surface area contributed by atoms with Crippen molar-refractivity contribution in [1.29, 1.82) is 0 Å². The zero-order chi connectivity index (χ0) is 21.8. The maximum absolute atomic E-state index is 12.7. The summed E-state index contributed by atoms with van der Waals surface area (Å²) in [5, 5.41) is 0.933. The summed E-state index contributed by atoms with van der Waals surface area (Å²) in [6.07, 6.45) is 3.38. The number of hydrogen-bond donors (Lipinski definition) is 0. The summed E-state index contributed by atoms with van der Waals surface area (Å²) in [5.74, 6) is 0.540. The van der Waals surface area contributed by atoms with E-state index in [0.717, 1.165) is 12.8 Å². The minimum Gasteiger partial charge on any atom is -0.444 e. The summed E-state index contributed by atoms with van der Waals surface area (Å²) in [6, 6.07) is 0.00330. The van der Waals surface area contributed by atoms with E-state index in [1.807, 2.05) is 31.9 Å². The van der Waals surface area contributed by atoms with E-state index < -0.39 is 11.2 Å². The molecule has 2 fully saturated rings. The van der Waals surface area contributed by atoms with Gasteiger partial charge in [-0.3, -0.25) is 4.90 Å². The third-order valence-corrected chi connectivity index (χ3v) is 6.38. The Morgan fingerprint density at radius 2 is 1.87 bits per heavy atom. The number of halogens is 1. The van der Waals surface area contributed by atoms with Crippen LogP contribution in [0.2, 0.25) is 5.22 Å². The molecule has 2 saturated heterocycles. The van der Waals surface area contributed by atoms with Crippen LogP contribution < -0.4 is 10.5 Å². The van der Waals surface area contributed by atoms with Crippen molar-refractivity contribution in [3.05, 3.63) is 21.2 Å². The predicted molar refractivity (Wildman–Crippen MR) is 117 cm³/mol. The summed E-state index contributed by atoms with van der Waals surface area (Å²) in [4.78, 5) is 38.5. The zero-order valence-corrected chi connectivity index (χ0v) is 19.3. The van der Waals surface area contributed by atoms with Crippen molar-refractivity contribution in [2.45, 2.75) is 63.4 Å². The summed E-state index contributed by atoms with van der Waals surface area (Å²) in [5.41, 5.74) is 0.0257. The second-order valence-electron chi connectivity index (χ2n) is 8.72. The molecule has 2 aromatic rings. The first-order chi connectivity index (χ1) is 14.1. The number of nitrogens with zero attached hydrogens (tertiary/aromatic N) is 4. The molecule has 30 heavy (non-hydrogen) atoms. The average molecular weight is 453 g/mol. The molecule has 1 amide bonds. The summed E-state index contributed by atoms with van der Waals surface area (Å²) < 4.78 is 10.8. The van der Waals surface area contributed by atoms with E-state index in [2.05, 4.69) is 14.9 Å². The molecule has 2 atom stereocenters. The molecule has 0 aliphatic carbocycles. The van der Waals surface area contributed by atoms with Crippen molar-refractivity contribution in [1.82, 2.24) is 14.9 Å². The maximum atomic E-state index is 12.7. The Morgan fingerprint density at radius 1 is 1.23 bits per heavy atom. The Hall–Kier alpha value is -2.00. The molecule has 2 aromatic heterocycles. The third-order valence-electron chi connectivity index (χ3n) is 5.47. The molecule has 0 radical (unpaired) electrons. The van der Waals surface area contributed by atoms with Crippen molar-refractivity contribution < 1.29 is 13.9 Å². The predicted octanol–water partition coefficient (Wildman–Crippen LogP) is 3.85. The number of hydrogen-bond acceptors (Lipinski definition) is 8. The Balaban J connectivity index is 1.72. The smallest absolute Gasteiger partial charge is 0.410 e. The fourth-order valence-electron chi connectivity index (χ4n) is 4.20. The van der Waals surface area contributed by atoms with E-state index in [0.29, 0.717) is 40.5 Å². The van der Waals surface area contributed by atoms with Gasteiger partial charge < -0.3 is 14.1 Å².